The van der Waals surface area contributed by atoms with Crippen molar-refractivity contribution >= 4 is 17.7 Å². The summed E-state index contributed by atoms with van der Waals surface area (Å²) in [6.07, 6.45) is -0.427. The Morgan fingerprint density at radius 2 is 2.00 bits per heavy atom. The van der Waals surface area contributed by atoms with Crippen LogP contribution in [0.2, 0.25) is 0 Å². The van der Waals surface area contributed by atoms with Gasteiger partial charge in [0.1, 0.15) is 18.2 Å². The second-order valence-corrected chi connectivity index (χ2v) is 2.79. The van der Waals surface area contributed by atoms with E-state index in [4.69, 9.17) is 10.8 Å². The summed E-state index contributed by atoms with van der Waals surface area (Å²) in [6.45, 7) is 0.941. The number of Topliss-reactive ketones (excluding diaryl/α,β-unsaturated/α-hetero) is 1. The molecule has 3 N–H and O–H groups in total. The number of hydrogen-bond acceptors (Lipinski definition) is 6. The van der Waals surface area contributed by atoms with E-state index in [0.29, 0.717) is 0 Å². The van der Waals surface area contributed by atoms with Crippen molar-refractivity contribution in [2.24, 2.45) is 5.73 Å². The predicted octanol–water partition coefficient (Wildman–Crippen LogP) is -1.25. The molecule has 0 radical (unpaired) electrons. The second kappa shape index (κ2) is 6.22. The minimum Gasteiger partial charge on any atom is -0.396 e. The number of hydrogen-bond donors (Lipinski definition) is 2. The molecule has 0 aromatic heterocycles. The number of esters is 2. The maximum atomic E-state index is 10.9. The molecule has 0 saturated carbocycles. The van der Waals surface area contributed by atoms with Crippen molar-refractivity contribution in [1.82, 2.24) is 0 Å². The van der Waals surface area contributed by atoms with E-state index in [2.05, 4.69) is 4.74 Å². The van der Waals surface area contributed by atoms with Gasteiger partial charge in [-0.2, -0.15) is 0 Å². The fourth-order valence-electron chi connectivity index (χ4n) is 0.684. The number of carbonyl (C=O) groups excluding carboxylic acids is 3. The molecular formula is C8H13NO5. The third-order valence-electron chi connectivity index (χ3n) is 1.35. The number of aliphatic hydroxyl groups is 1. The minimum atomic E-state index is -1.03. The lowest BCUT2D eigenvalue weighted by Gasteiger charge is -2.07. The molecule has 1 atom stereocenters. The van der Waals surface area contributed by atoms with Gasteiger partial charge >= 0.3 is 11.9 Å². The van der Waals surface area contributed by atoms with Crippen LogP contribution in [0.3, 0.4) is 0 Å². The molecule has 14 heavy (non-hydrogen) atoms. The monoisotopic (exact) mass is 203 g/mol. The van der Waals surface area contributed by atoms with Crippen molar-refractivity contribution in [3.8, 4) is 0 Å². The highest BCUT2D eigenvalue weighted by Gasteiger charge is 2.18. The van der Waals surface area contributed by atoms with Crippen molar-refractivity contribution in [3.05, 3.63) is 0 Å². The molecule has 80 valence electrons. The van der Waals surface area contributed by atoms with Crippen LogP contribution in [0.15, 0.2) is 0 Å². The zero-order valence-electron chi connectivity index (χ0n) is 7.86. The van der Waals surface area contributed by atoms with Crippen LogP contribution in [0.25, 0.3) is 0 Å². The topological polar surface area (TPSA) is 107 Å². The van der Waals surface area contributed by atoms with Crippen LogP contribution in [0.5, 0.6) is 0 Å². The Kier molecular flexibility index (Phi) is 5.66. The van der Waals surface area contributed by atoms with E-state index < -0.39 is 30.2 Å². The summed E-state index contributed by atoms with van der Waals surface area (Å²) in [6, 6.07) is -1.03. The average molecular weight is 203 g/mol. The van der Waals surface area contributed by atoms with Gasteiger partial charge in [-0.05, 0) is 13.3 Å². The molecule has 6 heteroatoms. The summed E-state index contributed by atoms with van der Waals surface area (Å²) in [5.74, 6) is -2.24. The lowest BCUT2D eigenvalue weighted by atomic mass is 10.2. The lowest BCUT2D eigenvalue weighted by molar-refractivity contribution is -0.161. The van der Waals surface area contributed by atoms with Gasteiger partial charge in [-0.1, -0.05) is 0 Å². The van der Waals surface area contributed by atoms with Crippen LogP contribution in [-0.4, -0.2) is 35.5 Å². The van der Waals surface area contributed by atoms with Gasteiger partial charge < -0.3 is 15.6 Å². The average Bonchev–Trinajstić information content (AvgIpc) is 2.02. The molecule has 0 aromatic rings. The Hall–Kier alpha value is -1.27. The molecular weight excluding hydrogens is 190 g/mol. The van der Waals surface area contributed by atoms with Gasteiger partial charge in [-0.15, -0.1) is 0 Å². The Labute approximate surface area is 81.0 Å². The number of ether oxygens (including phenoxy) is 1. The lowest BCUT2D eigenvalue weighted by Crippen LogP contribution is -2.34. The summed E-state index contributed by atoms with van der Waals surface area (Å²) in [5, 5.41) is 8.44. The minimum absolute atomic E-state index is 0.0200. The number of rotatable bonds is 5. The highest BCUT2D eigenvalue weighted by atomic mass is 16.6. The smallest absolute Gasteiger partial charge is 0.330 e. The van der Waals surface area contributed by atoms with E-state index >= 15 is 0 Å². The fraction of sp³-hybridized carbons (Fsp3) is 0.625. The third kappa shape index (κ3) is 5.39. The van der Waals surface area contributed by atoms with Crippen LogP contribution < -0.4 is 5.73 Å². The van der Waals surface area contributed by atoms with E-state index in [9.17, 15) is 14.4 Å². The molecule has 0 heterocycles. The molecule has 0 unspecified atom stereocenters. The van der Waals surface area contributed by atoms with Crippen molar-refractivity contribution in [1.29, 1.82) is 0 Å². The molecule has 0 spiro atoms. The normalized spacial score (nSPS) is 11.9. The first-order valence-corrected chi connectivity index (χ1v) is 4.07. The van der Waals surface area contributed by atoms with E-state index in [1.165, 1.54) is 6.92 Å². The van der Waals surface area contributed by atoms with Crippen LogP contribution in [-0.2, 0) is 19.1 Å². The van der Waals surface area contributed by atoms with Gasteiger partial charge in [0.25, 0.3) is 0 Å². The summed E-state index contributed by atoms with van der Waals surface area (Å²) in [7, 11) is 0. The van der Waals surface area contributed by atoms with Crippen molar-refractivity contribution in [2.45, 2.75) is 25.8 Å². The molecule has 0 aliphatic heterocycles. The Morgan fingerprint density at radius 3 is 2.43 bits per heavy atom. The third-order valence-corrected chi connectivity index (χ3v) is 1.35. The Morgan fingerprint density at radius 1 is 1.43 bits per heavy atom. The number of aliphatic hydroxyl groups excluding tert-OH is 1. The first-order chi connectivity index (χ1) is 6.47. The maximum Gasteiger partial charge on any atom is 0.330 e. The van der Waals surface area contributed by atoms with Gasteiger partial charge in [0.2, 0.25) is 0 Å². The molecule has 0 saturated heterocycles. The fourth-order valence-corrected chi connectivity index (χ4v) is 0.684. The van der Waals surface area contributed by atoms with E-state index in [-0.39, 0.29) is 13.0 Å². The predicted molar refractivity (Wildman–Crippen MR) is 46.1 cm³/mol. The number of carbonyl (C=O) groups is 3. The SMILES string of the molecule is CC(=O)CC(=O)OC(=O)[C@@H](N)CCO. The van der Waals surface area contributed by atoms with Crippen LogP contribution >= 0.6 is 0 Å². The molecule has 0 aliphatic carbocycles. The molecule has 0 bridgehead atoms. The van der Waals surface area contributed by atoms with Gasteiger partial charge in [-0.25, -0.2) is 4.79 Å². The second-order valence-electron chi connectivity index (χ2n) is 2.79. The van der Waals surface area contributed by atoms with E-state index in [0.717, 1.165) is 0 Å². The molecule has 6 nitrogen and oxygen atoms in total. The first kappa shape index (κ1) is 12.7. The Balaban J connectivity index is 3.93. The van der Waals surface area contributed by atoms with Gasteiger partial charge in [0.05, 0.1) is 0 Å². The molecule has 0 fully saturated rings. The highest BCUT2D eigenvalue weighted by Crippen LogP contribution is 1.94. The zero-order valence-corrected chi connectivity index (χ0v) is 7.86. The zero-order chi connectivity index (χ0) is 11.1. The largest absolute Gasteiger partial charge is 0.396 e. The van der Waals surface area contributed by atoms with Crippen molar-refractivity contribution in [3.63, 3.8) is 0 Å². The summed E-state index contributed by atoms with van der Waals surface area (Å²) >= 11 is 0. The standard InChI is InChI=1S/C8H13NO5/c1-5(11)4-7(12)14-8(13)6(9)2-3-10/h6,10H,2-4,9H2,1H3/t6-/m0/s1. The van der Waals surface area contributed by atoms with Gasteiger partial charge in [0, 0.05) is 6.61 Å². The van der Waals surface area contributed by atoms with Gasteiger partial charge in [0.15, 0.2) is 0 Å². The highest BCUT2D eigenvalue weighted by molar-refractivity contribution is 5.98. The number of ketones is 1. The summed E-state index contributed by atoms with van der Waals surface area (Å²) < 4.78 is 4.24. The molecule has 0 rings (SSSR count). The van der Waals surface area contributed by atoms with Gasteiger partial charge in [-0.3, -0.25) is 9.59 Å². The Bertz CT molecular complexity index is 238. The van der Waals surface area contributed by atoms with Crippen LogP contribution in [0, 0.1) is 0 Å². The van der Waals surface area contributed by atoms with Crippen LogP contribution in [0.1, 0.15) is 19.8 Å². The maximum absolute atomic E-state index is 10.9. The molecule has 0 aliphatic rings. The number of nitrogens with two attached hydrogens (primary N) is 1. The quantitative estimate of drug-likeness (QED) is 0.427. The first-order valence-electron chi connectivity index (χ1n) is 4.07. The molecule has 0 aromatic carbocycles. The molecule has 0 amide bonds. The van der Waals surface area contributed by atoms with Crippen molar-refractivity contribution in [2.75, 3.05) is 6.61 Å². The van der Waals surface area contributed by atoms with E-state index in [1.807, 2.05) is 0 Å². The van der Waals surface area contributed by atoms with E-state index in [1.54, 1.807) is 0 Å². The van der Waals surface area contributed by atoms with Crippen LogP contribution in [0.4, 0.5) is 0 Å². The summed E-state index contributed by atoms with van der Waals surface area (Å²) in [4.78, 5) is 32.2. The van der Waals surface area contributed by atoms with Crippen molar-refractivity contribution < 1.29 is 24.2 Å². The summed E-state index contributed by atoms with van der Waals surface area (Å²) in [5.41, 5.74) is 5.24.